The van der Waals surface area contributed by atoms with Crippen molar-refractivity contribution in [2.75, 3.05) is 13.1 Å². The van der Waals surface area contributed by atoms with Crippen molar-refractivity contribution in [1.29, 1.82) is 0 Å². The fourth-order valence-electron chi connectivity index (χ4n) is 6.32. The molecular formula is C29H27N3O2S. The summed E-state index contributed by atoms with van der Waals surface area (Å²) in [5, 5.41) is 2.45. The van der Waals surface area contributed by atoms with E-state index in [-0.39, 0.29) is 11.8 Å². The smallest absolute Gasteiger partial charge is 0.243 e. The highest BCUT2D eigenvalue weighted by molar-refractivity contribution is 7.89. The molecule has 4 heterocycles. The molecule has 0 saturated carbocycles. The summed E-state index contributed by atoms with van der Waals surface area (Å²) in [6, 6.07) is 23.8. The number of aromatic amines is 1. The topological polar surface area (TPSA) is 58.1 Å². The number of sulfonamides is 1. The van der Waals surface area contributed by atoms with E-state index in [1.165, 1.54) is 33.0 Å². The predicted octanol–water partition coefficient (Wildman–Crippen LogP) is 5.64. The molecular weight excluding hydrogens is 454 g/mol. The average molecular weight is 482 g/mol. The summed E-state index contributed by atoms with van der Waals surface area (Å²) in [4.78, 5) is 3.78. The first-order valence-corrected chi connectivity index (χ1v) is 13.8. The average Bonchev–Trinajstić information content (AvgIpc) is 3.61. The van der Waals surface area contributed by atoms with Crippen LogP contribution in [0.3, 0.4) is 0 Å². The Morgan fingerprint density at radius 3 is 2.40 bits per heavy atom. The van der Waals surface area contributed by atoms with E-state index in [1.807, 2.05) is 12.1 Å². The molecule has 0 bridgehead atoms. The standard InChI is InChI=1S/C29H27N3O2S/c33-35(34,21-10-2-1-3-11-21)32-18-26(24-16-30-28-14-5-4-12-22(24)28)27(19-32)25-17-31-15-7-9-20-8-6-13-23(25)29(20)31/h1-6,8,10-14,16-17,26-27,30H,7,9,15,18-19H2/t26-,27-/m0/s1. The number of nitrogens with zero attached hydrogens (tertiary/aromatic N) is 2. The van der Waals surface area contributed by atoms with Gasteiger partial charge in [0, 0.05) is 60.2 Å². The zero-order chi connectivity index (χ0) is 23.6. The Kier molecular flexibility index (Phi) is 4.69. The molecule has 3 aromatic carbocycles. The summed E-state index contributed by atoms with van der Waals surface area (Å²) in [5.74, 6) is 0.137. The third-order valence-electron chi connectivity index (χ3n) is 7.95. The molecule has 5 nitrogen and oxygen atoms in total. The molecule has 2 aliphatic heterocycles. The zero-order valence-electron chi connectivity index (χ0n) is 19.4. The molecule has 0 unspecified atom stereocenters. The van der Waals surface area contributed by atoms with E-state index < -0.39 is 10.0 Å². The number of hydrogen-bond acceptors (Lipinski definition) is 2. The van der Waals surface area contributed by atoms with E-state index in [9.17, 15) is 8.42 Å². The zero-order valence-corrected chi connectivity index (χ0v) is 20.2. The van der Waals surface area contributed by atoms with Gasteiger partial charge in [-0.25, -0.2) is 8.42 Å². The summed E-state index contributed by atoms with van der Waals surface area (Å²) in [6.45, 7) is 1.96. The van der Waals surface area contributed by atoms with E-state index >= 15 is 0 Å². The first-order valence-electron chi connectivity index (χ1n) is 12.3. The summed E-state index contributed by atoms with van der Waals surface area (Å²) in [6.07, 6.45) is 6.64. The highest BCUT2D eigenvalue weighted by Gasteiger charge is 2.42. The number of aromatic nitrogens is 2. The van der Waals surface area contributed by atoms with Crippen molar-refractivity contribution in [2.24, 2.45) is 0 Å². The molecule has 0 aliphatic carbocycles. The number of rotatable bonds is 4. The van der Waals surface area contributed by atoms with Crippen LogP contribution in [0.1, 0.15) is 34.9 Å². The van der Waals surface area contributed by atoms with Crippen LogP contribution < -0.4 is 0 Å². The summed E-state index contributed by atoms with van der Waals surface area (Å²) < 4.78 is 31.5. The number of H-pyrrole nitrogens is 1. The van der Waals surface area contributed by atoms with Gasteiger partial charge in [0.2, 0.25) is 10.0 Å². The van der Waals surface area contributed by atoms with Crippen molar-refractivity contribution in [3.63, 3.8) is 0 Å². The molecule has 1 N–H and O–H groups in total. The van der Waals surface area contributed by atoms with Crippen molar-refractivity contribution in [3.05, 3.63) is 102 Å². The highest BCUT2D eigenvalue weighted by Crippen LogP contribution is 2.46. The van der Waals surface area contributed by atoms with Crippen molar-refractivity contribution >= 4 is 31.8 Å². The lowest BCUT2D eigenvalue weighted by molar-refractivity contribution is 0.470. The first kappa shape index (κ1) is 21.0. The monoisotopic (exact) mass is 481 g/mol. The summed E-state index contributed by atoms with van der Waals surface area (Å²) in [5.41, 5.74) is 6.28. The molecule has 1 fully saturated rings. The maximum atomic E-state index is 13.7. The van der Waals surface area contributed by atoms with Crippen LogP contribution in [0.15, 0.2) is 90.1 Å². The Labute approximate surface area is 205 Å². The number of fused-ring (bicyclic) bond motifs is 1. The number of aryl methyl sites for hydroxylation is 2. The van der Waals surface area contributed by atoms with E-state index in [0.717, 1.165) is 24.9 Å². The number of hydrogen-bond donors (Lipinski definition) is 1. The fourth-order valence-corrected chi connectivity index (χ4v) is 7.83. The Balaban J connectivity index is 1.39. The Hall–Kier alpha value is -3.35. The van der Waals surface area contributed by atoms with Gasteiger partial charge in [-0.05, 0) is 47.7 Å². The van der Waals surface area contributed by atoms with Gasteiger partial charge < -0.3 is 9.55 Å². The molecule has 0 spiro atoms. The van der Waals surface area contributed by atoms with Crippen LogP contribution in [0, 0.1) is 0 Å². The van der Waals surface area contributed by atoms with Gasteiger partial charge >= 0.3 is 0 Å². The van der Waals surface area contributed by atoms with E-state index in [0.29, 0.717) is 18.0 Å². The van der Waals surface area contributed by atoms with Gasteiger partial charge in [0.05, 0.1) is 10.4 Å². The molecule has 0 radical (unpaired) electrons. The SMILES string of the molecule is O=S(=O)(c1ccccc1)N1C[C@@H](c2c[nH]c3ccccc23)[C@H](c2cn3c4c(cccc24)CCC3)C1. The number of benzene rings is 3. The van der Waals surface area contributed by atoms with E-state index in [1.54, 1.807) is 28.6 Å². The Bertz CT molecular complexity index is 1670. The molecule has 35 heavy (non-hydrogen) atoms. The van der Waals surface area contributed by atoms with Crippen LogP contribution in [0.4, 0.5) is 0 Å². The first-order chi connectivity index (χ1) is 17.1. The van der Waals surface area contributed by atoms with Crippen LogP contribution in [-0.4, -0.2) is 35.4 Å². The quantitative estimate of drug-likeness (QED) is 0.361. The van der Waals surface area contributed by atoms with Crippen LogP contribution in [0.2, 0.25) is 0 Å². The van der Waals surface area contributed by atoms with Crippen molar-refractivity contribution in [1.82, 2.24) is 13.9 Å². The second-order valence-corrected chi connectivity index (χ2v) is 11.8. The molecule has 5 aromatic rings. The molecule has 2 aromatic heterocycles. The molecule has 7 rings (SSSR count). The van der Waals surface area contributed by atoms with Gasteiger partial charge in [0.1, 0.15) is 0 Å². The Morgan fingerprint density at radius 2 is 1.54 bits per heavy atom. The van der Waals surface area contributed by atoms with Gasteiger partial charge in [0.15, 0.2) is 0 Å². The molecule has 2 aliphatic rings. The maximum absolute atomic E-state index is 13.7. The van der Waals surface area contributed by atoms with Crippen LogP contribution in [0.25, 0.3) is 21.8 Å². The Morgan fingerprint density at radius 1 is 0.800 bits per heavy atom. The minimum absolute atomic E-state index is 0.0631. The highest BCUT2D eigenvalue weighted by atomic mass is 32.2. The lowest BCUT2D eigenvalue weighted by Gasteiger charge is -2.18. The largest absolute Gasteiger partial charge is 0.361 e. The van der Waals surface area contributed by atoms with E-state index in [2.05, 4.69) is 58.3 Å². The second-order valence-electron chi connectivity index (χ2n) is 9.83. The molecule has 6 heteroatoms. The predicted molar refractivity (Wildman–Crippen MR) is 139 cm³/mol. The van der Waals surface area contributed by atoms with Gasteiger partial charge in [-0.1, -0.05) is 54.6 Å². The van der Waals surface area contributed by atoms with Crippen LogP contribution in [-0.2, 0) is 23.0 Å². The number of para-hydroxylation sites is 2. The lowest BCUT2D eigenvalue weighted by Crippen LogP contribution is -2.29. The van der Waals surface area contributed by atoms with Gasteiger partial charge in [-0.15, -0.1) is 0 Å². The summed E-state index contributed by atoms with van der Waals surface area (Å²) in [7, 11) is -3.59. The van der Waals surface area contributed by atoms with Crippen molar-refractivity contribution < 1.29 is 8.42 Å². The van der Waals surface area contributed by atoms with Gasteiger partial charge in [-0.3, -0.25) is 0 Å². The van der Waals surface area contributed by atoms with Crippen LogP contribution in [0.5, 0.6) is 0 Å². The normalized spacial score (nSPS) is 20.7. The van der Waals surface area contributed by atoms with Crippen molar-refractivity contribution in [3.8, 4) is 0 Å². The molecule has 0 amide bonds. The van der Waals surface area contributed by atoms with Crippen LogP contribution >= 0.6 is 0 Å². The third kappa shape index (κ3) is 3.20. The van der Waals surface area contributed by atoms with Gasteiger partial charge in [0.25, 0.3) is 0 Å². The van der Waals surface area contributed by atoms with Gasteiger partial charge in [-0.2, -0.15) is 4.31 Å². The minimum Gasteiger partial charge on any atom is -0.361 e. The second kappa shape index (κ2) is 7.83. The third-order valence-corrected chi connectivity index (χ3v) is 9.79. The lowest BCUT2D eigenvalue weighted by atomic mass is 9.83. The molecule has 1 saturated heterocycles. The van der Waals surface area contributed by atoms with Crippen molar-refractivity contribution in [2.45, 2.75) is 36.1 Å². The molecule has 176 valence electrons. The fraction of sp³-hybridized carbons (Fsp3) is 0.241. The summed E-state index contributed by atoms with van der Waals surface area (Å²) >= 11 is 0. The maximum Gasteiger partial charge on any atom is 0.243 e. The van der Waals surface area contributed by atoms with E-state index in [4.69, 9.17) is 0 Å². The number of nitrogens with one attached hydrogen (secondary N) is 1. The minimum atomic E-state index is -3.59. The molecule has 2 atom stereocenters.